The Kier molecular flexibility index (Phi) is 2.89. The highest BCUT2D eigenvalue weighted by molar-refractivity contribution is 5.78. The number of hydrogen-bond donors (Lipinski definition) is 1. The first-order valence-electron chi connectivity index (χ1n) is 6.30. The number of halogens is 2. The predicted octanol–water partition coefficient (Wildman–Crippen LogP) is 3.16. The van der Waals surface area contributed by atoms with Crippen molar-refractivity contribution in [2.45, 2.75) is 13.3 Å². The van der Waals surface area contributed by atoms with E-state index in [1.54, 1.807) is 12.1 Å². The molecule has 0 spiro atoms. The summed E-state index contributed by atoms with van der Waals surface area (Å²) in [6.45, 7) is 2.02. The van der Waals surface area contributed by atoms with Crippen molar-refractivity contribution >= 4 is 11.0 Å². The molecule has 0 bridgehead atoms. The van der Waals surface area contributed by atoms with E-state index in [1.165, 1.54) is 6.07 Å². The first-order chi connectivity index (χ1) is 9.61. The maximum absolute atomic E-state index is 13.9. The summed E-state index contributed by atoms with van der Waals surface area (Å²) < 4.78 is 28.5. The average molecular weight is 274 g/mol. The molecule has 0 radical (unpaired) electrons. The van der Waals surface area contributed by atoms with Crippen molar-refractivity contribution in [3.63, 3.8) is 0 Å². The molecule has 20 heavy (non-hydrogen) atoms. The first-order valence-corrected chi connectivity index (χ1v) is 6.30. The lowest BCUT2D eigenvalue weighted by molar-refractivity contribution is 0.514. The monoisotopic (exact) mass is 274 g/mol. The van der Waals surface area contributed by atoms with Crippen molar-refractivity contribution in [2.75, 3.05) is 0 Å². The summed E-state index contributed by atoms with van der Waals surface area (Å²) in [6, 6.07) is 9.51. The number of hydrogen-bond acceptors (Lipinski definition) is 1. The molecule has 0 aliphatic heterocycles. The van der Waals surface area contributed by atoms with Crippen LogP contribution in [0.4, 0.5) is 8.78 Å². The molecule has 0 saturated heterocycles. The molecule has 3 aromatic rings. The van der Waals surface area contributed by atoms with Gasteiger partial charge in [-0.1, -0.05) is 19.1 Å². The molecule has 0 unspecified atom stereocenters. The largest absolute Gasteiger partial charge is 0.331 e. The smallest absolute Gasteiger partial charge is 0.305 e. The molecule has 5 heteroatoms. The van der Waals surface area contributed by atoms with E-state index in [0.717, 1.165) is 22.6 Å². The topological polar surface area (TPSA) is 37.8 Å². The lowest BCUT2D eigenvalue weighted by atomic mass is 10.1. The lowest BCUT2D eigenvalue weighted by Gasteiger charge is -2.05. The number of imidazole rings is 1. The third-order valence-corrected chi connectivity index (χ3v) is 3.34. The van der Waals surface area contributed by atoms with Crippen LogP contribution < -0.4 is 5.69 Å². The van der Waals surface area contributed by atoms with Gasteiger partial charge in [-0.25, -0.2) is 13.6 Å². The van der Waals surface area contributed by atoms with E-state index in [0.29, 0.717) is 5.69 Å². The molecule has 1 heterocycles. The SMILES string of the molecule is CCc1ccc(-n2c(=O)[nH]c3ccc(F)c(F)c32)cc1. The average Bonchev–Trinajstić information content (AvgIpc) is 2.80. The second-order valence-electron chi connectivity index (χ2n) is 4.54. The zero-order valence-electron chi connectivity index (χ0n) is 10.8. The Labute approximate surface area is 113 Å². The van der Waals surface area contributed by atoms with Gasteiger partial charge in [-0.2, -0.15) is 0 Å². The number of aromatic amines is 1. The molecule has 0 fully saturated rings. The fourth-order valence-electron chi connectivity index (χ4n) is 2.26. The zero-order chi connectivity index (χ0) is 14.3. The van der Waals surface area contributed by atoms with Crippen molar-refractivity contribution < 1.29 is 8.78 Å². The third kappa shape index (κ3) is 1.82. The minimum atomic E-state index is -1.03. The molecule has 3 rings (SSSR count). The van der Waals surface area contributed by atoms with E-state index >= 15 is 0 Å². The summed E-state index contributed by atoms with van der Waals surface area (Å²) in [5, 5.41) is 0. The van der Waals surface area contributed by atoms with E-state index in [2.05, 4.69) is 4.98 Å². The van der Waals surface area contributed by atoms with E-state index in [-0.39, 0.29) is 11.0 Å². The number of fused-ring (bicyclic) bond motifs is 1. The van der Waals surface area contributed by atoms with Crippen molar-refractivity contribution in [3.8, 4) is 5.69 Å². The van der Waals surface area contributed by atoms with Crippen molar-refractivity contribution in [1.29, 1.82) is 0 Å². The Balaban J connectivity index is 2.32. The molecule has 2 aromatic carbocycles. The number of H-pyrrole nitrogens is 1. The van der Waals surface area contributed by atoms with Crippen LogP contribution in [-0.2, 0) is 6.42 Å². The highest BCUT2D eigenvalue weighted by atomic mass is 19.2. The Hall–Kier alpha value is -2.43. The summed E-state index contributed by atoms with van der Waals surface area (Å²) in [6.07, 6.45) is 0.867. The summed E-state index contributed by atoms with van der Waals surface area (Å²) >= 11 is 0. The molecular formula is C15H12F2N2O. The maximum Gasteiger partial charge on any atom is 0.331 e. The van der Waals surface area contributed by atoms with Crippen LogP contribution in [0.1, 0.15) is 12.5 Å². The highest BCUT2D eigenvalue weighted by Crippen LogP contribution is 2.21. The highest BCUT2D eigenvalue weighted by Gasteiger charge is 2.16. The number of aryl methyl sites for hydroxylation is 1. The van der Waals surface area contributed by atoms with Gasteiger partial charge in [0.2, 0.25) is 0 Å². The molecule has 1 aromatic heterocycles. The first kappa shape index (κ1) is 12.6. The standard InChI is InChI=1S/C15H12F2N2O/c1-2-9-3-5-10(6-4-9)19-14-12(18-15(19)20)8-7-11(16)13(14)17/h3-8H,2H2,1H3,(H,18,20). The van der Waals surface area contributed by atoms with Crippen molar-refractivity contribution in [2.24, 2.45) is 0 Å². The minimum absolute atomic E-state index is 0.0701. The van der Waals surface area contributed by atoms with Gasteiger partial charge in [0.25, 0.3) is 0 Å². The van der Waals surface area contributed by atoms with Gasteiger partial charge in [0.1, 0.15) is 5.52 Å². The molecule has 102 valence electrons. The van der Waals surface area contributed by atoms with Gasteiger partial charge in [0.05, 0.1) is 11.2 Å². The second kappa shape index (κ2) is 4.59. The maximum atomic E-state index is 13.9. The van der Waals surface area contributed by atoms with Gasteiger partial charge in [-0.15, -0.1) is 0 Å². The van der Waals surface area contributed by atoms with Crippen molar-refractivity contribution in [1.82, 2.24) is 9.55 Å². The van der Waals surface area contributed by atoms with Gasteiger partial charge >= 0.3 is 5.69 Å². The Morgan fingerprint density at radius 1 is 1.10 bits per heavy atom. The molecule has 3 nitrogen and oxygen atoms in total. The van der Waals surface area contributed by atoms with Crippen LogP contribution in [0, 0.1) is 11.6 Å². The number of nitrogens with zero attached hydrogens (tertiary/aromatic N) is 1. The van der Waals surface area contributed by atoms with Gasteiger partial charge in [0, 0.05) is 0 Å². The summed E-state index contributed by atoms with van der Waals surface area (Å²) in [5.74, 6) is -2.00. The number of rotatable bonds is 2. The van der Waals surface area contributed by atoms with Crippen molar-refractivity contribution in [3.05, 3.63) is 64.1 Å². The summed E-state index contributed by atoms with van der Waals surface area (Å²) in [4.78, 5) is 14.5. The van der Waals surface area contributed by atoms with Crippen LogP contribution in [0.5, 0.6) is 0 Å². The zero-order valence-corrected chi connectivity index (χ0v) is 10.8. The minimum Gasteiger partial charge on any atom is -0.305 e. The number of aromatic nitrogens is 2. The van der Waals surface area contributed by atoms with Crippen LogP contribution in [0.2, 0.25) is 0 Å². The molecule has 0 amide bonds. The van der Waals surface area contributed by atoms with Gasteiger partial charge in [-0.3, -0.25) is 4.57 Å². The van der Waals surface area contributed by atoms with E-state index < -0.39 is 17.3 Å². The lowest BCUT2D eigenvalue weighted by Crippen LogP contribution is -2.15. The van der Waals surface area contributed by atoms with E-state index in [9.17, 15) is 13.6 Å². The van der Waals surface area contributed by atoms with Crippen LogP contribution >= 0.6 is 0 Å². The second-order valence-corrected chi connectivity index (χ2v) is 4.54. The number of nitrogens with one attached hydrogen (secondary N) is 1. The summed E-state index contributed by atoms with van der Waals surface area (Å²) in [7, 11) is 0. The molecule has 0 aliphatic rings. The van der Waals surface area contributed by atoms with Crippen LogP contribution in [-0.4, -0.2) is 9.55 Å². The van der Waals surface area contributed by atoms with Gasteiger partial charge < -0.3 is 4.98 Å². The molecule has 0 atom stereocenters. The molecule has 1 N–H and O–H groups in total. The fraction of sp³-hybridized carbons (Fsp3) is 0.133. The van der Waals surface area contributed by atoms with Crippen LogP contribution in [0.15, 0.2) is 41.2 Å². The quantitative estimate of drug-likeness (QED) is 0.765. The molecular weight excluding hydrogens is 262 g/mol. The van der Waals surface area contributed by atoms with Gasteiger partial charge in [0.15, 0.2) is 11.6 Å². The van der Waals surface area contributed by atoms with Crippen LogP contribution in [0.3, 0.4) is 0 Å². The van der Waals surface area contributed by atoms with E-state index in [1.807, 2.05) is 19.1 Å². The third-order valence-electron chi connectivity index (χ3n) is 3.34. The molecule has 0 saturated carbocycles. The fourth-order valence-corrected chi connectivity index (χ4v) is 2.26. The van der Waals surface area contributed by atoms with E-state index in [4.69, 9.17) is 0 Å². The van der Waals surface area contributed by atoms with Crippen LogP contribution in [0.25, 0.3) is 16.7 Å². The van der Waals surface area contributed by atoms with Gasteiger partial charge in [-0.05, 0) is 36.2 Å². The molecule has 0 aliphatic carbocycles. The Morgan fingerprint density at radius 3 is 2.45 bits per heavy atom. The Morgan fingerprint density at radius 2 is 1.80 bits per heavy atom. The predicted molar refractivity (Wildman–Crippen MR) is 73.2 cm³/mol. The Bertz CT molecular complexity index is 831. The number of benzene rings is 2. The summed E-state index contributed by atoms with van der Waals surface area (Å²) in [5.41, 5.74) is 1.32. The normalized spacial score (nSPS) is 11.2.